The number of aliphatic hydroxyl groups excluding tert-OH is 1. The fourth-order valence-electron chi connectivity index (χ4n) is 5.49. The number of halogens is 2. The van der Waals surface area contributed by atoms with Gasteiger partial charge in [-0.05, 0) is 99.1 Å². The lowest BCUT2D eigenvalue weighted by Gasteiger charge is -2.37. The van der Waals surface area contributed by atoms with Gasteiger partial charge in [0.15, 0.2) is 11.6 Å². The van der Waals surface area contributed by atoms with Crippen molar-refractivity contribution >= 4 is 5.97 Å². The Morgan fingerprint density at radius 3 is 2.44 bits per heavy atom. The van der Waals surface area contributed by atoms with E-state index in [0.717, 1.165) is 31.1 Å². The van der Waals surface area contributed by atoms with Crippen molar-refractivity contribution in [2.24, 2.45) is 17.8 Å². The summed E-state index contributed by atoms with van der Waals surface area (Å²) in [4.78, 5) is 10.8. The van der Waals surface area contributed by atoms with Gasteiger partial charge >= 0.3 is 5.97 Å². The number of aliphatic hydroxyl groups is 1. The van der Waals surface area contributed by atoms with E-state index in [1.807, 2.05) is 26.0 Å². The Morgan fingerprint density at radius 1 is 1.10 bits per heavy atom. The lowest BCUT2D eigenvalue weighted by molar-refractivity contribution is -0.136. The van der Waals surface area contributed by atoms with E-state index in [0.29, 0.717) is 23.3 Å². The van der Waals surface area contributed by atoms with Crippen LogP contribution >= 0.6 is 0 Å². The van der Waals surface area contributed by atoms with Crippen molar-refractivity contribution in [3.8, 4) is 5.75 Å². The third-order valence-corrected chi connectivity index (χ3v) is 8.09. The van der Waals surface area contributed by atoms with Crippen LogP contribution in [-0.2, 0) is 17.6 Å². The smallest absolute Gasteiger partial charge is 0.303 e. The summed E-state index contributed by atoms with van der Waals surface area (Å²) in [5.41, 5.74) is 0.986. The van der Waals surface area contributed by atoms with Gasteiger partial charge in [-0.25, -0.2) is 8.78 Å². The van der Waals surface area contributed by atoms with Crippen LogP contribution in [-0.4, -0.2) is 34.4 Å². The number of rotatable bonds is 13. The Balaban J connectivity index is 1.53. The highest BCUT2D eigenvalue weighted by Gasteiger charge is 2.32. The number of nitrogens with one attached hydrogen (secondary N) is 1. The van der Waals surface area contributed by atoms with Gasteiger partial charge in [-0.1, -0.05) is 39.3 Å². The summed E-state index contributed by atoms with van der Waals surface area (Å²) in [6.07, 6.45) is 4.01. The van der Waals surface area contributed by atoms with Crippen LogP contribution in [0, 0.1) is 29.4 Å². The third kappa shape index (κ3) is 9.28. The third-order valence-electron chi connectivity index (χ3n) is 8.09. The summed E-state index contributed by atoms with van der Waals surface area (Å²) >= 11 is 0. The molecule has 1 aliphatic rings. The minimum Gasteiger partial charge on any atom is -0.490 e. The molecule has 4 atom stereocenters. The molecule has 216 valence electrons. The van der Waals surface area contributed by atoms with Gasteiger partial charge in [0.1, 0.15) is 11.9 Å². The van der Waals surface area contributed by atoms with Gasteiger partial charge in [0.05, 0.1) is 6.10 Å². The average Bonchev–Trinajstić information content (AvgIpc) is 2.87. The molecule has 3 unspecified atom stereocenters. The number of benzene rings is 2. The maximum absolute atomic E-state index is 14.4. The molecule has 2 aromatic carbocycles. The first-order chi connectivity index (χ1) is 18.3. The van der Waals surface area contributed by atoms with Crippen LogP contribution in [0.1, 0.15) is 89.5 Å². The van der Waals surface area contributed by atoms with Gasteiger partial charge in [-0.2, -0.15) is 0 Å². The highest BCUT2D eigenvalue weighted by atomic mass is 19.2. The normalized spacial score (nSPS) is 20.7. The fraction of sp³-hybridized carbons (Fsp3) is 0.594. The fourth-order valence-corrected chi connectivity index (χ4v) is 5.49. The van der Waals surface area contributed by atoms with E-state index in [-0.39, 0.29) is 36.6 Å². The Hall–Kier alpha value is -2.51. The molecule has 0 aromatic heterocycles. The summed E-state index contributed by atoms with van der Waals surface area (Å²) in [6.45, 7) is 10.9. The summed E-state index contributed by atoms with van der Waals surface area (Å²) in [6, 6.07) is 10.6. The molecule has 0 bridgehead atoms. The quantitative estimate of drug-likeness (QED) is 0.256. The Morgan fingerprint density at radius 2 is 1.79 bits per heavy atom. The van der Waals surface area contributed by atoms with Crippen LogP contribution in [0.2, 0.25) is 0 Å². The van der Waals surface area contributed by atoms with E-state index in [9.17, 15) is 18.7 Å². The number of carboxylic acid groups (broad SMARTS) is 1. The number of hydrogen-bond acceptors (Lipinski definition) is 4. The first kappa shape index (κ1) is 31.0. The Bertz CT molecular complexity index is 1090. The van der Waals surface area contributed by atoms with Gasteiger partial charge in [0, 0.05) is 24.1 Å². The highest BCUT2D eigenvalue weighted by Crippen LogP contribution is 2.36. The second-order valence-corrected chi connectivity index (χ2v) is 12.3. The van der Waals surface area contributed by atoms with Crippen molar-refractivity contribution in [2.45, 2.75) is 97.3 Å². The number of carbonyl (C=O) groups is 1. The van der Waals surface area contributed by atoms with E-state index in [1.165, 1.54) is 24.5 Å². The summed E-state index contributed by atoms with van der Waals surface area (Å²) in [5.74, 6) is -0.433. The molecule has 5 nitrogen and oxygen atoms in total. The minimum absolute atomic E-state index is 0.0371. The minimum atomic E-state index is -1.27. The molecule has 3 N–H and O–H groups in total. The standard InChI is InChI=1S/C32H45F2NO4/c1-20(2)25-12-6-21(3)16-29(25)39-24-10-7-22(8-11-24)14-15-32(4,5)35-19-28(36)26-17-23(9-13-30(37)38)18-27(33)31(26)34/h7-8,10-11,17-18,20-21,25,28-29,35-36H,6,9,12-16,19H2,1-5H3,(H,37,38)/t21?,25?,28-,29?/m1/s1. The topological polar surface area (TPSA) is 78.8 Å². The number of carboxylic acids is 1. The molecule has 0 saturated heterocycles. The number of aliphatic carboxylic acids is 1. The molecule has 0 radical (unpaired) electrons. The number of β-amino-alcohol motifs (C(OH)–C–C–N with tert-alkyl or cyclic N) is 1. The van der Waals surface area contributed by atoms with E-state index < -0.39 is 23.7 Å². The van der Waals surface area contributed by atoms with E-state index in [4.69, 9.17) is 9.84 Å². The van der Waals surface area contributed by atoms with E-state index in [2.05, 4.69) is 38.2 Å². The first-order valence-electron chi connectivity index (χ1n) is 14.2. The molecular formula is C32H45F2NO4. The molecule has 1 aliphatic carbocycles. The second-order valence-electron chi connectivity index (χ2n) is 12.3. The van der Waals surface area contributed by atoms with Gasteiger partial charge in [-0.15, -0.1) is 0 Å². The van der Waals surface area contributed by atoms with Crippen LogP contribution in [0.3, 0.4) is 0 Å². The molecule has 3 rings (SSSR count). The molecule has 7 heteroatoms. The molecule has 39 heavy (non-hydrogen) atoms. The number of ether oxygens (including phenoxy) is 1. The number of aryl methyl sites for hydroxylation is 2. The molecule has 0 aliphatic heterocycles. The molecule has 0 amide bonds. The zero-order valence-corrected chi connectivity index (χ0v) is 24.0. The van der Waals surface area contributed by atoms with E-state index >= 15 is 0 Å². The van der Waals surface area contributed by atoms with Gasteiger partial charge < -0.3 is 20.3 Å². The molecule has 0 spiro atoms. The Kier molecular flexibility index (Phi) is 10.9. The SMILES string of the molecule is CC1CCC(C(C)C)C(Oc2ccc(CCC(C)(C)NC[C@@H](O)c3cc(CCC(=O)O)cc(F)c3F)cc2)C1. The molecule has 2 aromatic rings. The maximum Gasteiger partial charge on any atom is 0.303 e. The predicted octanol–water partition coefficient (Wildman–Crippen LogP) is 6.86. The van der Waals surface area contributed by atoms with Crippen molar-refractivity contribution < 1.29 is 28.5 Å². The number of hydrogen-bond donors (Lipinski definition) is 3. The van der Waals surface area contributed by atoms with Crippen molar-refractivity contribution in [1.82, 2.24) is 5.32 Å². The van der Waals surface area contributed by atoms with Gasteiger partial charge in [0.25, 0.3) is 0 Å². The lowest BCUT2D eigenvalue weighted by Crippen LogP contribution is -2.42. The predicted molar refractivity (Wildman–Crippen MR) is 150 cm³/mol. The van der Waals surface area contributed by atoms with Crippen molar-refractivity contribution in [3.63, 3.8) is 0 Å². The maximum atomic E-state index is 14.4. The average molecular weight is 546 g/mol. The first-order valence-corrected chi connectivity index (χ1v) is 14.2. The monoisotopic (exact) mass is 545 g/mol. The highest BCUT2D eigenvalue weighted by molar-refractivity contribution is 5.67. The van der Waals surface area contributed by atoms with Crippen molar-refractivity contribution in [1.29, 1.82) is 0 Å². The summed E-state index contributed by atoms with van der Waals surface area (Å²) in [5, 5.41) is 22.7. The molecule has 1 saturated carbocycles. The molecular weight excluding hydrogens is 500 g/mol. The van der Waals surface area contributed by atoms with Gasteiger partial charge in [-0.3, -0.25) is 4.79 Å². The van der Waals surface area contributed by atoms with Crippen LogP contribution in [0.5, 0.6) is 5.75 Å². The van der Waals surface area contributed by atoms with Crippen molar-refractivity contribution in [2.75, 3.05) is 6.54 Å². The summed E-state index contributed by atoms with van der Waals surface area (Å²) in [7, 11) is 0. The van der Waals surface area contributed by atoms with Crippen LogP contribution in [0.4, 0.5) is 8.78 Å². The van der Waals surface area contributed by atoms with Crippen LogP contribution in [0.25, 0.3) is 0 Å². The largest absolute Gasteiger partial charge is 0.490 e. The van der Waals surface area contributed by atoms with Crippen LogP contribution in [0.15, 0.2) is 36.4 Å². The Labute approximate surface area is 232 Å². The summed E-state index contributed by atoms with van der Waals surface area (Å²) < 4.78 is 34.9. The zero-order chi connectivity index (χ0) is 28.7. The van der Waals surface area contributed by atoms with Gasteiger partial charge in [0.2, 0.25) is 0 Å². The van der Waals surface area contributed by atoms with Crippen LogP contribution < -0.4 is 10.1 Å². The lowest BCUT2D eigenvalue weighted by atomic mass is 9.75. The zero-order valence-electron chi connectivity index (χ0n) is 24.0. The van der Waals surface area contributed by atoms with E-state index in [1.54, 1.807) is 0 Å². The molecule has 1 fully saturated rings. The molecule has 0 heterocycles. The second kappa shape index (κ2) is 13.7. The van der Waals surface area contributed by atoms with Crippen molar-refractivity contribution in [3.05, 3.63) is 64.7 Å².